The zero-order valence-corrected chi connectivity index (χ0v) is 10.3. The maximum Gasteiger partial charge on any atom is 0.310 e. The number of aliphatic hydroxyl groups excluding tert-OH is 1. The van der Waals surface area contributed by atoms with Crippen LogP contribution >= 0.6 is 0 Å². The molecule has 0 aliphatic rings. The number of hydrogen-bond acceptors (Lipinski definition) is 3. The first-order valence-corrected chi connectivity index (χ1v) is 5.31. The number of carbonyl (C=O) groups is 1. The fraction of sp³-hybridized carbons (Fsp3) is 0.909. The summed E-state index contributed by atoms with van der Waals surface area (Å²) in [5.74, 6) is -0.842. The van der Waals surface area contributed by atoms with Gasteiger partial charge in [-0.15, -0.1) is 0 Å². The molecular formula is C11H23NO3. The van der Waals surface area contributed by atoms with E-state index in [9.17, 15) is 9.90 Å². The average Bonchev–Trinajstić information content (AvgIpc) is 2.13. The zero-order valence-electron chi connectivity index (χ0n) is 10.3. The standard InChI is InChI=1S/C11H23NO3/c1-6-8(13)7-12-11(4,5)10(2,3)9(14)15/h8,12-13H,6-7H2,1-5H3,(H,14,15). The van der Waals surface area contributed by atoms with Gasteiger partial charge in [-0.1, -0.05) is 6.92 Å². The van der Waals surface area contributed by atoms with Gasteiger partial charge in [0.05, 0.1) is 11.5 Å². The van der Waals surface area contributed by atoms with Gasteiger partial charge >= 0.3 is 5.97 Å². The molecule has 0 aliphatic carbocycles. The maximum absolute atomic E-state index is 11.1. The average molecular weight is 217 g/mol. The van der Waals surface area contributed by atoms with Crippen molar-refractivity contribution in [2.45, 2.75) is 52.7 Å². The van der Waals surface area contributed by atoms with Crippen molar-refractivity contribution in [3.63, 3.8) is 0 Å². The Morgan fingerprint density at radius 1 is 1.33 bits per heavy atom. The molecule has 0 amide bonds. The number of hydrogen-bond donors (Lipinski definition) is 3. The van der Waals surface area contributed by atoms with Gasteiger partial charge in [0.15, 0.2) is 0 Å². The second-order valence-electron chi connectivity index (χ2n) is 5.00. The summed E-state index contributed by atoms with van der Waals surface area (Å²) in [6.45, 7) is 9.34. The minimum absolute atomic E-state index is 0.417. The molecule has 0 saturated carbocycles. The molecule has 0 aromatic heterocycles. The van der Waals surface area contributed by atoms with Gasteiger partial charge < -0.3 is 15.5 Å². The van der Waals surface area contributed by atoms with Crippen LogP contribution in [0.3, 0.4) is 0 Å². The predicted octanol–water partition coefficient (Wildman–Crippen LogP) is 1.24. The van der Waals surface area contributed by atoms with E-state index in [4.69, 9.17) is 5.11 Å². The van der Waals surface area contributed by atoms with Gasteiger partial charge in [0, 0.05) is 12.1 Å². The molecule has 0 rings (SSSR count). The number of carboxylic acids is 1. The molecule has 0 aliphatic heterocycles. The molecule has 0 radical (unpaired) electrons. The molecule has 4 heteroatoms. The molecule has 0 saturated heterocycles. The molecule has 0 aromatic rings. The second-order valence-corrected chi connectivity index (χ2v) is 5.00. The molecule has 0 spiro atoms. The molecule has 15 heavy (non-hydrogen) atoms. The van der Waals surface area contributed by atoms with Gasteiger partial charge in [-0.3, -0.25) is 4.79 Å². The molecule has 0 aromatic carbocycles. The summed E-state index contributed by atoms with van der Waals surface area (Å²) in [5.41, 5.74) is -1.44. The SMILES string of the molecule is CCC(O)CNC(C)(C)C(C)(C)C(=O)O. The summed E-state index contributed by atoms with van der Waals surface area (Å²) in [5, 5.41) is 21.6. The summed E-state index contributed by atoms with van der Waals surface area (Å²) >= 11 is 0. The lowest BCUT2D eigenvalue weighted by Gasteiger charge is -2.39. The lowest BCUT2D eigenvalue weighted by Crippen LogP contribution is -2.56. The van der Waals surface area contributed by atoms with E-state index >= 15 is 0 Å². The summed E-state index contributed by atoms with van der Waals surface area (Å²) in [7, 11) is 0. The van der Waals surface area contributed by atoms with Crippen LogP contribution in [0.4, 0.5) is 0 Å². The molecule has 1 unspecified atom stereocenters. The Bertz CT molecular complexity index is 224. The van der Waals surface area contributed by atoms with Crippen LogP contribution in [-0.2, 0) is 4.79 Å². The Balaban J connectivity index is 4.47. The summed E-state index contributed by atoms with van der Waals surface area (Å²) < 4.78 is 0. The molecule has 90 valence electrons. The van der Waals surface area contributed by atoms with E-state index in [-0.39, 0.29) is 0 Å². The smallest absolute Gasteiger partial charge is 0.310 e. The van der Waals surface area contributed by atoms with Gasteiger partial charge in [-0.2, -0.15) is 0 Å². The first-order valence-electron chi connectivity index (χ1n) is 5.31. The predicted molar refractivity (Wildman–Crippen MR) is 59.8 cm³/mol. The van der Waals surface area contributed by atoms with Gasteiger partial charge in [-0.25, -0.2) is 0 Å². The fourth-order valence-electron chi connectivity index (χ4n) is 1.01. The first kappa shape index (κ1) is 14.4. The molecule has 0 bridgehead atoms. The van der Waals surface area contributed by atoms with Crippen molar-refractivity contribution in [3.8, 4) is 0 Å². The van der Waals surface area contributed by atoms with Gasteiger partial charge in [0.25, 0.3) is 0 Å². The van der Waals surface area contributed by atoms with E-state index in [2.05, 4.69) is 5.32 Å². The molecule has 0 heterocycles. The lowest BCUT2D eigenvalue weighted by atomic mass is 9.74. The van der Waals surface area contributed by atoms with E-state index in [1.165, 1.54) is 0 Å². The highest BCUT2D eigenvalue weighted by Crippen LogP contribution is 2.30. The third kappa shape index (κ3) is 3.47. The number of β-amino-alcohol motifs (C(OH)–C–C–N with tert-alkyl or cyclic N) is 1. The number of aliphatic carboxylic acids is 1. The van der Waals surface area contributed by atoms with Gasteiger partial charge in [-0.05, 0) is 34.1 Å². The largest absolute Gasteiger partial charge is 0.481 e. The zero-order chi connectivity index (χ0) is 12.3. The van der Waals surface area contributed by atoms with E-state index in [0.717, 1.165) is 0 Å². The van der Waals surface area contributed by atoms with Crippen molar-refractivity contribution in [1.29, 1.82) is 0 Å². The Hall–Kier alpha value is -0.610. The Kier molecular flexibility index (Phi) is 4.74. The highest BCUT2D eigenvalue weighted by Gasteiger charge is 2.43. The van der Waals surface area contributed by atoms with Crippen molar-refractivity contribution < 1.29 is 15.0 Å². The van der Waals surface area contributed by atoms with Crippen LogP contribution in [0.15, 0.2) is 0 Å². The van der Waals surface area contributed by atoms with Crippen molar-refractivity contribution in [1.82, 2.24) is 5.32 Å². The quantitative estimate of drug-likeness (QED) is 0.626. The van der Waals surface area contributed by atoms with Crippen LogP contribution in [0.25, 0.3) is 0 Å². The van der Waals surface area contributed by atoms with Crippen molar-refractivity contribution in [2.75, 3.05) is 6.54 Å². The molecule has 4 nitrogen and oxygen atoms in total. The fourth-order valence-corrected chi connectivity index (χ4v) is 1.01. The highest BCUT2D eigenvalue weighted by molar-refractivity contribution is 5.75. The van der Waals surface area contributed by atoms with Crippen molar-refractivity contribution in [2.24, 2.45) is 5.41 Å². The van der Waals surface area contributed by atoms with E-state index in [1.807, 2.05) is 20.8 Å². The maximum atomic E-state index is 11.1. The summed E-state index contributed by atoms with van der Waals surface area (Å²) in [6, 6.07) is 0. The first-order chi connectivity index (χ1) is 6.65. The van der Waals surface area contributed by atoms with E-state index in [0.29, 0.717) is 13.0 Å². The minimum atomic E-state index is -0.875. The van der Waals surface area contributed by atoms with Gasteiger partial charge in [0.2, 0.25) is 0 Å². The molecular weight excluding hydrogens is 194 g/mol. The molecule has 0 fully saturated rings. The van der Waals surface area contributed by atoms with Crippen molar-refractivity contribution in [3.05, 3.63) is 0 Å². The second kappa shape index (κ2) is 4.94. The Morgan fingerprint density at radius 2 is 1.80 bits per heavy atom. The van der Waals surface area contributed by atoms with Gasteiger partial charge in [0.1, 0.15) is 0 Å². The summed E-state index contributed by atoms with van der Waals surface area (Å²) in [6.07, 6.45) is 0.241. The van der Waals surface area contributed by atoms with Crippen LogP contribution in [-0.4, -0.2) is 34.4 Å². The number of carboxylic acid groups (broad SMARTS) is 1. The van der Waals surface area contributed by atoms with Crippen LogP contribution in [0.2, 0.25) is 0 Å². The van der Waals surface area contributed by atoms with E-state index < -0.39 is 23.0 Å². The third-order valence-electron chi connectivity index (χ3n) is 3.35. The normalized spacial score (nSPS) is 15.1. The Morgan fingerprint density at radius 3 is 2.13 bits per heavy atom. The van der Waals surface area contributed by atoms with E-state index in [1.54, 1.807) is 13.8 Å². The topological polar surface area (TPSA) is 69.6 Å². The highest BCUT2D eigenvalue weighted by atomic mass is 16.4. The molecule has 1 atom stereocenters. The summed E-state index contributed by atoms with van der Waals surface area (Å²) in [4.78, 5) is 11.1. The van der Waals surface area contributed by atoms with Crippen LogP contribution in [0, 0.1) is 5.41 Å². The van der Waals surface area contributed by atoms with Crippen LogP contribution < -0.4 is 5.32 Å². The van der Waals surface area contributed by atoms with Crippen molar-refractivity contribution >= 4 is 5.97 Å². The van der Waals surface area contributed by atoms with Crippen LogP contribution in [0.1, 0.15) is 41.0 Å². The number of rotatable bonds is 6. The lowest BCUT2D eigenvalue weighted by molar-refractivity contribution is -0.151. The molecule has 3 N–H and O–H groups in total. The number of nitrogens with one attached hydrogen (secondary N) is 1. The third-order valence-corrected chi connectivity index (χ3v) is 3.35. The monoisotopic (exact) mass is 217 g/mol. The Labute approximate surface area is 91.7 Å². The van der Waals surface area contributed by atoms with Crippen LogP contribution in [0.5, 0.6) is 0 Å². The minimum Gasteiger partial charge on any atom is -0.481 e. The number of aliphatic hydroxyl groups is 1.